The van der Waals surface area contributed by atoms with Crippen molar-refractivity contribution in [1.29, 1.82) is 0 Å². The van der Waals surface area contributed by atoms with Gasteiger partial charge >= 0.3 is 5.97 Å². The van der Waals surface area contributed by atoms with Gasteiger partial charge in [0.05, 0.1) is 18.1 Å². The Morgan fingerprint density at radius 3 is 2.77 bits per heavy atom. The van der Waals surface area contributed by atoms with E-state index >= 15 is 0 Å². The Kier molecular flexibility index (Phi) is 6.21. The molecular formula is C19H28N4O3. The van der Waals surface area contributed by atoms with Crippen LogP contribution in [0.15, 0.2) is 18.5 Å². The van der Waals surface area contributed by atoms with Crippen LogP contribution in [-0.2, 0) is 4.79 Å². The number of nitrogens with one attached hydrogen (secondary N) is 1. The van der Waals surface area contributed by atoms with Gasteiger partial charge in [0.25, 0.3) is 0 Å². The number of aromatic nitrogens is 2. The number of likely N-dealkylation sites (tertiary alicyclic amines) is 1. The summed E-state index contributed by atoms with van der Waals surface area (Å²) in [5.74, 6) is -0.294. The first kappa shape index (κ1) is 18.8. The Hall–Kier alpha value is -1.99. The average molecular weight is 360 g/mol. The van der Waals surface area contributed by atoms with Gasteiger partial charge in [-0.2, -0.15) is 0 Å². The number of hydrogen-bond acceptors (Lipinski definition) is 6. The fourth-order valence-electron chi connectivity index (χ4n) is 4.10. The molecule has 1 atom stereocenters. The first-order chi connectivity index (χ1) is 12.6. The van der Waals surface area contributed by atoms with E-state index in [2.05, 4.69) is 20.2 Å². The average Bonchev–Trinajstić information content (AvgIpc) is 3.08. The third-order valence-electron chi connectivity index (χ3n) is 5.50. The number of hydrogen-bond donors (Lipinski definition) is 3. The lowest BCUT2D eigenvalue weighted by Gasteiger charge is -2.38. The summed E-state index contributed by atoms with van der Waals surface area (Å²) in [4.78, 5) is 21.5. The van der Waals surface area contributed by atoms with Gasteiger partial charge < -0.3 is 20.4 Å². The van der Waals surface area contributed by atoms with E-state index in [9.17, 15) is 9.90 Å². The fourth-order valence-corrected chi connectivity index (χ4v) is 4.10. The standard InChI is InChI=1S/C19H28N4O3/c24-14-19(7-2-1-3-8-19)13-23-9-6-16(12-23)22-17-11-20-15(10-21-17)4-5-18(25)26/h4-5,10-11,16,24H,1-3,6-9,12-14H2,(H,21,22)(H,25,26)/b5-4+/t16-/m1/s1. The Morgan fingerprint density at radius 2 is 2.12 bits per heavy atom. The number of anilines is 1. The topological polar surface area (TPSA) is 98.6 Å². The molecule has 0 aromatic carbocycles. The maximum Gasteiger partial charge on any atom is 0.328 e. The van der Waals surface area contributed by atoms with Crippen LogP contribution in [0.2, 0.25) is 0 Å². The molecule has 1 aliphatic heterocycles. The molecule has 7 heteroatoms. The maximum atomic E-state index is 10.5. The van der Waals surface area contributed by atoms with Gasteiger partial charge in [-0.1, -0.05) is 19.3 Å². The second-order valence-corrected chi connectivity index (χ2v) is 7.58. The molecule has 3 rings (SSSR count). The highest BCUT2D eigenvalue weighted by molar-refractivity contribution is 5.84. The largest absolute Gasteiger partial charge is 0.478 e. The molecule has 2 fully saturated rings. The van der Waals surface area contributed by atoms with E-state index in [4.69, 9.17) is 5.11 Å². The molecule has 0 spiro atoms. The molecular weight excluding hydrogens is 332 g/mol. The van der Waals surface area contributed by atoms with E-state index in [1.54, 1.807) is 12.4 Å². The van der Waals surface area contributed by atoms with Crippen molar-refractivity contribution in [3.05, 3.63) is 24.2 Å². The van der Waals surface area contributed by atoms with Crippen molar-refractivity contribution < 1.29 is 15.0 Å². The van der Waals surface area contributed by atoms with Gasteiger partial charge in [0.1, 0.15) is 5.82 Å². The minimum atomic E-state index is -1.00. The highest BCUT2D eigenvalue weighted by Gasteiger charge is 2.35. The van der Waals surface area contributed by atoms with Crippen LogP contribution in [0.25, 0.3) is 6.08 Å². The summed E-state index contributed by atoms with van der Waals surface area (Å²) in [6, 6.07) is 0.323. The molecule has 1 aromatic rings. The van der Waals surface area contributed by atoms with Gasteiger partial charge in [0.2, 0.25) is 0 Å². The molecule has 1 saturated heterocycles. The Morgan fingerprint density at radius 1 is 1.31 bits per heavy atom. The molecule has 0 unspecified atom stereocenters. The molecule has 7 nitrogen and oxygen atoms in total. The molecule has 0 bridgehead atoms. The first-order valence-corrected chi connectivity index (χ1v) is 9.41. The van der Waals surface area contributed by atoms with Gasteiger partial charge in [0.15, 0.2) is 0 Å². The number of rotatable bonds is 7. The van der Waals surface area contributed by atoms with Crippen molar-refractivity contribution in [3.63, 3.8) is 0 Å². The lowest BCUT2D eigenvalue weighted by molar-refractivity contribution is -0.131. The zero-order valence-electron chi connectivity index (χ0n) is 15.1. The highest BCUT2D eigenvalue weighted by atomic mass is 16.4. The number of nitrogens with zero attached hydrogens (tertiary/aromatic N) is 3. The zero-order chi connectivity index (χ0) is 18.4. The van der Waals surface area contributed by atoms with Crippen LogP contribution in [0, 0.1) is 5.41 Å². The van der Waals surface area contributed by atoms with Crippen molar-refractivity contribution in [3.8, 4) is 0 Å². The fraction of sp³-hybridized carbons (Fsp3) is 0.632. The molecule has 1 saturated carbocycles. The summed E-state index contributed by atoms with van der Waals surface area (Å²) in [5, 5.41) is 21.9. The van der Waals surface area contributed by atoms with Gasteiger partial charge in [0, 0.05) is 43.8 Å². The normalized spacial score (nSPS) is 23.3. The molecule has 0 amide bonds. The van der Waals surface area contributed by atoms with Gasteiger partial charge in [-0.25, -0.2) is 9.78 Å². The second kappa shape index (κ2) is 8.60. The minimum Gasteiger partial charge on any atom is -0.478 e. The molecule has 3 N–H and O–H groups in total. The summed E-state index contributed by atoms with van der Waals surface area (Å²) < 4.78 is 0. The van der Waals surface area contributed by atoms with E-state index in [1.807, 2.05) is 0 Å². The summed E-state index contributed by atoms with van der Waals surface area (Å²) in [7, 11) is 0. The Balaban J connectivity index is 1.50. The first-order valence-electron chi connectivity index (χ1n) is 9.41. The lowest BCUT2D eigenvalue weighted by Crippen LogP contribution is -2.41. The molecule has 1 aromatic heterocycles. The van der Waals surface area contributed by atoms with Crippen LogP contribution < -0.4 is 5.32 Å². The van der Waals surface area contributed by atoms with E-state index in [0.717, 1.165) is 45.0 Å². The van der Waals surface area contributed by atoms with E-state index in [-0.39, 0.29) is 5.41 Å². The Bertz CT molecular complexity index is 626. The van der Waals surface area contributed by atoms with E-state index in [1.165, 1.54) is 25.3 Å². The van der Waals surface area contributed by atoms with Crippen LogP contribution in [-0.4, -0.2) is 63.3 Å². The smallest absolute Gasteiger partial charge is 0.328 e. The van der Waals surface area contributed by atoms with Crippen molar-refractivity contribution in [2.45, 2.75) is 44.6 Å². The lowest BCUT2D eigenvalue weighted by atomic mass is 9.74. The summed E-state index contributed by atoms with van der Waals surface area (Å²) in [6.07, 6.45) is 12.7. The zero-order valence-corrected chi connectivity index (χ0v) is 15.1. The van der Waals surface area contributed by atoms with Gasteiger partial charge in [-0.15, -0.1) is 0 Å². The third kappa shape index (κ3) is 5.02. The monoisotopic (exact) mass is 360 g/mol. The number of carboxylic acid groups (broad SMARTS) is 1. The molecule has 2 aliphatic rings. The van der Waals surface area contributed by atoms with E-state index in [0.29, 0.717) is 24.2 Å². The second-order valence-electron chi connectivity index (χ2n) is 7.58. The van der Waals surface area contributed by atoms with Crippen LogP contribution in [0.5, 0.6) is 0 Å². The molecule has 0 radical (unpaired) electrons. The van der Waals surface area contributed by atoms with Crippen molar-refractivity contribution in [2.24, 2.45) is 5.41 Å². The van der Waals surface area contributed by atoms with Crippen molar-refractivity contribution in [2.75, 3.05) is 31.6 Å². The number of aliphatic carboxylic acids is 1. The predicted molar refractivity (Wildman–Crippen MR) is 99.8 cm³/mol. The summed E-state index contributed by atoms with van der Waals surface area (Å²) in [6.45, 7) is 3.25. The summed E-state index contributed by atoms with van der Waals surface area (Å²) >= 11 is 0. The third-order valence-corrected chi connectivity index (χ3v) is 5.50. The van der Waals surface area contributed by atoms with Crippen LogP contribution >= 0.6 is 0 Å². The van der Waals surface area contributed by atoms with Crippen LogP contribution in [0.4, 0.5) is 5.82 Å². The molecule has 142 valence electrons. The quantitative estimate of drug-likeness (QED) is 0.640. The highest BCUT2D eigenvalue weighted by Crippen LogP contribution is 2.37. The van der Waals surface area contributed by atoms with Gasteiger partial charge in [-0.3, -0.25) is 4.98 Å². The van der Waals surface area contributed by atoms with E-state index < -0.39 is 5.97 Å². The molecule has 1 aliphatic carbocycles. The number of carbonyl (C=O) groups is 1. The number of aliphatic hydroxyl groups is 1. The van der Waals surface area contributed by atoms with Crippen molar-refractivity contribution >= 4 is 17.9 Å². The number of aliphatic hydroxyl groups excluding tert-OH is 1. The van der Waals surface area contributed by atoms with Crippen LogP contribution in [0.1, 0.15) is 44.2 Å². The SMILES string of the molecule is O=C(O)/C=C/c1cnc(N[C@@H]2CCN(CC3(CO)CCCCC3)C2)cn1. The minimum absolute atomic E-state index is 0.0884. The van der Waals surface area contributed by atoms with Crippen molar-refractivity contribution in [1.82, 2.24) is 14.9 Å². The van der Waals surface area contributed by atoms with Crippen LogP contribution in [0.3, 0.4) is 0 Å². The molecule has 26 heavy (non-hydrogen) atoms. The summed E-state index contributed by atoms with van der Waals surface area (Å²) in [5.41, 5.74) is 0.610. The number of carboxylic acids is 1. The maximum absolute atomic E-state index is 10.5. The molecule has 2 heterocycles. The predicted octanol–water partition coefficient (Wildman–Crippen LogP) is 2.00. The van der Waals surface area contributed by atoms with Gasteiger partial charge in [-0.05, 0) is 25.3 Å². The Labute approximate surface area is 154 Å².